The molecule has 2 rings (SSSR count). The fraction of sp³-hybridized carbons (Fsp3) is 0.750. The molecule has 2 nitrogen and oxygen atoms in total. The summed E-state index contributed by atoms with van der Waals surface area (Å²) in [7, 11) is 0. The summed E-state index contributed by atoms with van der Waals surface area (Å²) in [6.07, 6.45) is 2.25. The maximum Gasteiger partial charge on any atom is 0.0318 e. The van der Waals surface area contributed by atoms with Gasteiger partial charge in [-0.05, 0) is 42.2 Å². The van der Waals surface area contributed by atoms with Gasteiger partial charge in [0.15, 0.2) is 0 Å². The average molecular weight is 248 g/mol. The van der Waals surface area contributed by atoms with Crippen molar-refractivity contribution in [2.75, 3.05) is 0 Å². The monoisotopic (exact) mass is 248 g/mol. The Balaban J connectivity index is 2.45. The molecule has 0 spiro atoms. The molecule has 0 aliphatic heterocycles. The molecular weight excluding hydrogens is 220 g/mol. The number of hydrogen-bond acceptors (Lipinski definition) is 1. The van der Waals surface area contributed by atoms with E-state index in [2.05, 4.69) is 52.2 Å². The predicted molar refractivity (Wildman–Crippen MR) is 77.7 cm³/mol. The lowest BCUT2D eigenvalue weighted by Crippen LogP contribution is -2.31. The SMILES string of the molecule is Cc1cc2c(n1CC(C)(C)C)CC(C)(C)CC2N. The molecule has 2 heteroatoms. The zero-order chi connectivity index (χ0) is 13.7. The molecule has 0 saturated carbocycles. The van der Waals surface area contributed by atoms with Crippen LogP contribution >= 0.6 is 0 Å². The van der Waals surface area contributed by atoms with Crippen molar-refractivity contribution in [3.63, 3.8) is 0 Å². The van der Waals surface area contributed by atoms with Gasteiger partial charge in [-0.1, -0.05) is 34.6 Å². The minimum Gasteiger partial charge on any atom is -0.348 e. The Morgan fingerprint density at radius 2 is 2.00 bits per heavy atom. The fourth-order valence-corrected chi connectivity index (χ4v) is 3.20. The third-order valence-corrected chi connectivity index (χ3v) is 3.90. The molecule has 102 valence electrons. The minimum absolute atomic E-state index is 0.212. The standard InChI is InChI=1S/C16H28N2/c1-11-7-12-13(17)8-16(5,6)9-14(12)18(11)10-15(2,3)4/h7,13H,8-10,17H2,1-6H3. The second-order valence-corrected chi connectivity index (χ2v) is 7.99. The molecule has 0 saturated heterocycles. The van der Waals surface area contributed by atoms with Crippen molar-refractivity contribution < 1.29 is 0 Å². The first-order valence-corrected chi connectivity index (χ1v) is 7.04. The van der Waals surface area contributed by atoms with E-state index in [4.69, 9.17) is 5.73 Å². The van der Waals surface area contributed by atoms with Crippen LogP contribution in [0.3, 0.4) is 0 Å². The maximum atomic E-state index is 6.35. The number of rotatable bonds is 1. The molecular formula is C16H28N2. The number of aromatic nitrogens is 1. The average Bonchev–Trinajstić information content (AvgIpc) is 2.41. The van der Waals surface area contributed by atoms with E-state index in [9.17, 15) is 0 Å². The van der Waals surface area contributed by atoms with Gasteiger partial charge in [0.05, 0.1) is 0 Å². The smallest absolute Gasteiger partial charge is 0.0318 e. The maximum absolute atomic E-state index is 6.35. The van der Waals surface area contributed by atoms with E-state index < -0.39 is 0 Å². The van der Waals surface area contributed by atoms with Crippen molar-refractivity contribution in [1.82, 2.24) is 4.57 Å². The lowest BCUT2D eigenvalue weighted by atomic mass is 9.74. The van der Waals surface area contributed by atoms with Crippen molar-refractivity contribution in [3.8, 4) is 0 Å². The molecule has 1 unspecified atom stereocenters. The Kier molecular flexibility index (Phi) is 3.13. The van der Waals surface area contributed by atoms with Gasteiger partial charge in [-0.2, -0.15) is 0 Å². The molecule has 2 N–H and O–H groups in total. The van der Waals surface area contributed by atoms with Crippen LogP contribution in [0.2, 0.25) is 0 Å². The van der Waals surface area contributed by atoms with Crippen molar-refractivity contribution in [3.05, 3.63) is 23.0 Å². The summed E-state index contributed by atoms with van der Waals surface area (Å²) >= 11 is 0. The molecule has 0 bridgehead atoms. The van der Waals surface area contributed by atoms with E-state index in [0.29, 0.717) is 10.8 Å². The van der Waals surface area contributed by atoms with Gasteiger partial charge >= 0.3 is 0 Å². The normalized spacial score (nSPS) is 22.9. The summed E-state index contributed by atoms with van der Waals surface area (Å²) in [6.45, 7) is 14.9. The third kappa shape index (κ3) is 2.64. The zero-order valence-electron chi connectivity index (χ0n) is 12.8. The number of hydrogen-bond donors (Lipinski definition) is 1. The molecule has 0 fully saturated rings. The van der Waals surface area contributed by atoms with E-state index >= 15 is 0 Å². The van der Waals surface area contributed by atoms with Gasteiger partial charge in [0, 0.05) is 24.0 Å². The van der Waals surface area contributed by atoms with Gasteiger partial charge in [-0.25, -0.2) is 0 Å². The molecule has 1 aliphatic carbocycles. The summed E-state index contributed by atoms with van der Waals surface area (Å²) in [4.78, 5) is 0. The second kappa shape index (κ2) is 4.12. The Labute approximate surface area is 112 Å². The summed E-state index contributed by atoms with van der Waals surface area (Å²) in [5.74, 6) is 0. The van der Waals surface area contributed by atoms with E-state index in [1.807, 2.05) is 0 Å². The first-order chi connectivity index (χ1) is 8.09. The van der Waals surface area contributed by atoms with Gasteiger partial charge in [-0.3, -0.25) is 0 Å². The van der Waals surface area contributed by atoms with Gasteiger partial charge in [0.1, 0.15) is 0 Å². The van der Waals surface area contributed by atoms with E-state index in [0.717, 1.165) is 19.4 Å². The summed E-state index contributed by atoms with van der Waals surface area (Å²) < 4.78 is 2.50. The Hall–Kier alpha value is -0.760. The van der Waals surface area contributed by atoms with Gasteiger partial charge in [-0.15, -0.1) is 0 Å². The van der Waals surface area contributed by atoms with Crippen molar-refractivity contribution in [2.45, 2.75) is 67.0 Å². The number of aryl methyl sites for hydroxylation is 1. The van der Waals surface area contributed by atoms with Crippen LogP contribution in [0.4, 0.5) is 0 Å². The number of nitrogens with two attached hydrogens (primary N) is 1. The second-order valence-electron chi connectivity index (χ2n) is 7.99. The van der Waals surface area contributed by atoms with Crippen LogP contribution in [-0.2, 0) is 13.0 Å². The minimum atomic E-state index is 0.212. The molecule has 0 aromatic carbocycles. The van der Waals surface area contributed by atoms with Crippen LogP contribution in [0, 0.1) is 17.8 Å². The predicted octanol–water partition coefficient (Wildman–Crippen LogP) is 3.81. The molecule has 0 amide bonds. The Morgan fingerprint density at radius 1 is 1.39 bits per heavy atom. The van der Waals surface area contributed by atoms with Crippen LogP contribution in [0.1, 0.15) is 64.0 Å². The van der Waals surface area contributed by atoms with Gasteiger partial charge < -0.3 is 10.3 Å². The molecule has 0 radical (unpaired) electrons. The van der Waals surface area contributed by atoms with Crippen molar-refractivity contribution in [1.29, 1.82) is 0 Å². The Bertz CT molecular complexity index is 446. The van der Waals surface area contributed by atoms with Crippen LogP contribution in [0.15, 0.2) is 6.07 Å². The van der Waals surface area contributed by atoms with E-state index in [1.165, 1.54) is 17.0 Å². The van der Waals surface area contributed by atoms with Crippen molar-refractivity contribution in [2.24, 2.45) is 16.6 Å². The lowest BCUT2D eigenvalue weighted by molar-refractivity contribution is 0.264. The molecule has 1 heterocycles. The number of fused-ring (bicyclic) bond motifs is 1. The number of nitrogens with zero attached hydrogens (tertiary/aromatic N) is 1. The highest BCUT2D eigenvalue weighted by atomic mass is 15.0. The zero-order valence-corrected chi connectivity index (χ0v) is 12.8. The van der Waals surface area contributed by atoms with E-state index in [-0.39, 0.29) is 6.04 Å². The molecule has 1 aliphatic rings. The molecule has 1 aromatic heterocycles. The fourth-order valence-electron chi connectivity index (χ4n) is 3.20. The summed E-state index contributed by atoms with van der Waals surface area (Å²) in [5.41, 5.74) is 11.2. The van der Waals surface area contributed by atoms with Gasteiger partial charge in [0.25, 0.3) is 0 Å². The van der Waals surface area contributed by atoms with Crippen molar-refractivity contribution >= 4 is 0 Å². The Morgan fingerprint density at radius 3 is 2.56 bits per heavy atom. The van der Waals surface area contributed by atoms with Crippen LogP contribution in [0.5, 0.6) is 0 Å². The molecule has 18 heavy (non-hydrogen) atoms. The van der Waals surface area contributed by atoms with Crippen LogP contribution < -0.4 is 5.73 Å². The van der Waals surface area contributed by atoms with Crippen LogP contribution in [-0.4, -0.2) is 4.57 Å². The lowest BCUT2D eigenvalue weighted by Gasteiger charge is -2.35. The quantitative estimate of drug-likeness (QED) is 0.805. The summed E-state index contributed by atoms with van der Waals surface area (Å²) in [6, 6.07) is 2.52. The van der Waals surface area contributed by atoms with E-state index in [1.54, 1.807) is 0 Å². The topological polar surface area (TPSA) is 30.9 Å². The first-order valence-electron chi connectivity index (χ1n) is 7.04. The summed E-state index contributed by atoms with van der Waals surface area (Å²) in [5, 5.41) is 0. The first kappa shape index (κ1) is 13.7. The highest BCUT2D eigenvalue weighted by Gasteiger charge is 2.33. The highest BCUT2D eigenvalue weighted by Crippen LogP contribution is 2.41. The highest BCUT2D eigenvalue weighted by molar-refractivity contribution is 5.34. The van der Waals surface area contributed by atoms with Gasteiger partial charge in [0.2, 0.25) is 0 Å². The molecule has 1 aromatic rings. The largest absolute Gasteiger partial charge is 0.348 e. The molecule has 1 atom stereocenters. The van der Waals surface area contributed by atoms with Crippen LogP contribution in [0.25, 0.3) is 0 Å². The third-order valence-electron chi connectivity index (χ3n) is 3.90.